The summed E-state index contributed by atoms with van der Waals surface area (Å²) in [6.07, 6.45) is 7.00. The summed E-state index contributed by atoms with van der Waals surface area (Å²) in [4.78, 5) is 14.4. The molecule has 1 heterocycles. The fourth-order valence-corrected chi connectivity index (χ4v) is 5.36. The highest BCUT2D eigenvalue weighted by molar-refractivity contribution is 5.70. The molecule has 2 fully saturated rings. The number of hydrogen-bond donors (Lipinski definition) is 0. The van der Waals surface area contributed by atoms with E-state index in [0.717, 1.165) is 29.8 Å². The number of hydrogen-bond acceptors (Lipinski definition) is 6. The van der Waals surface area contributed by atoms with Gasteiger partial charge < -0.3 is 23.8 Å². The maximum Gasteiger partial charge on any atom is 0.303 e. The van der Waals surface area contributed by atoms with Crippen molar-refractivity contribution in [1.82, 2.24) is 4.90 Å². The third-order valence-electron chi connectivity index (χ3n) is 6.69. The molecule has 2 aliphatic carbocycles. The Morgan fingerprint density at radius 3 is 2.62 bits per heavy atom. The van der Waals surface area contributed by atoms with E-state index in [2.05, 4.69) is 43.3 Å². The van der Waals surface area contributed by atoms with E-state index in [1.165, 1.54) is 6.92 Å². The molecule has 158 valence electrons. The van der Waals surface area contributed by atoms with E-state index < -0.39 is 16.8 Å². The number of methoxy groups -OCH3 is 1. The number of nitrogens with zero attached hydrogens (tertiary/aromatic N) is 1. The topological polar surface area (TPSA) is 57.2 Å². The van der Waals surface area contributed by atoms with Gasteiger partial charge in [0, 0.05) is 25.2 Å². The van der Waals surface area contributed by atoms with Crippen LogP contribution in [-0.2, 0) is 24.4 Å². The Hall–Kier alpha value is -1.89. The van der Waals surface area contributed by atoms with E-state index in [4.69, 9.17) is 18.9 Å². The Balaban J connectivity index is 1.91. The van der Waals surface area contributed by atoms with Gasteiger partial charge in [-0.25, -0.2) is 0 Å². The molecule has 1 saturated carbocycles. The summed E-state index contributed by atoms with van der Waals surface area (Å²) in [5, 5.41) is 0. The third kappa shape index (κ3) is 3.37. The van der Waals surface area contributed by atoms with Gasteiger partial charge in [0.15, 0.2) is 5.79 Å². The van der Waals surface area contributed by atoms with Gasteiger partial charge in [0.1, 0.15) is 11.4 Å². The number of ether oxygens (including phenoxy) is 4. The van der Waals surface area contributed by atoms with E-state index in [-0.39, 0.29) is 5.97 Å². The summed E-state index contributed by atoms with van der Waals surface area (Å²) in [7, 11) is 5.81. The molecular weight excluding hydrogens is 370 g/mol. The summed E-state index contributed by atoms with van der Waals surface area (Å²) in [6.45, 7) is 3.55. The Kier molecular flexibility index (Phi) is 5.21. The van der Waals surface area contributed by atoms with Gasteiger partial charge in [-0.1, -0.05) is 12.1 Å². The van der Waals surface area contributed by atoms with E-state index in [1.54, 1.807) is 7.11 Å². The van der Waals surface area contributed by atoms with Crippen LogP contribution in [0.5, 0.6) is 5.75 Å². The minimum absolute atomic E-state index is 0.264. The zero-order chi connectivity index (χ0) is 20.7. The molecule has 0 N–H and O–H groups in total. The second-order valence-corrected chi connectivity index (χ2v) is 8.69. The normalized spacial score (nSPS) is 29.6. The zero-order valence-electron chi connectivity index (χ0n) is 17.8. The van der Waals surface area contributed by atoms with E-state index >= 15 is 0 Å². The van der Waals surface area contributed by atoms with E-state index in [0.29, 0.717) is 32.5 Å². The molecule has 0 radical (unpaired) electrons. The first-order chi connectivity index (χ1) is 13.8. The molecule has 2 atom stereocenters. The maximum absolute atomic E-state index is 12.2. The number of carbonyl (C=O) groups excluding carboxylic acids is 1. The first-order valence-corrected chi connectivity index (χ1v) is 10.3. The fraction of sp³-hybridized carbons (Fsp3) is 0.609. The highest BCUT2D eigenvalue weighted by atomic mass is 16.7. The molecule has 0 bridgehead atoms. The third-order valence-corrected chi connectivity index (χ3v) is 6.69. The first kappa shape index (κ1) is 20.4. The van der Waals surface area contributed by atoms with Crippen LogP contribution in [0.15, 0.2) is 24.3 Å². The number of benzene rings is 1. The lowest BCUT2D eigenvalue weighted by Crippen LogP contribution is -2.63. The summed E-state index contributed by atoms with van der Waals surface area (Å²) >= 11 is 0. The molecule has 4 rings (SSSR count). The summed E-state index contributed by atoms with van der Waals surface area (Å²) < 4.78 is 24.0. The predicted octanol–water partition coefficient (Wildman–Crippen LogP) is 3.14. The molecule has 29 heavy (non-hydrogen) atoms. The van der Waals surface area contributed by atoms with Gasteiger partial charge in [0.2, 0.25) is 0 Å². The van der Waals surface area contributed by atoms with Crippen molar-refractivity contribution in [3.05, 3.63) is 35.4 Å². The molecule has 6 heteroatoms. The number of rotatable bonds is 5. The quantitative estimate of drug-likeness (QED) is 0.707. The highest BCUT2D eigenvalue weighted by Crippen LogP contribution is 2.59. The van der Waals surface area contributed by atoms with Crippen LogP contribution in [-0.4, -0.2) is 63.2 Å². The second-order valence-electron chi connectivity index (χ2n) is 8.69. The number of carbonyl (C=O) groups is 1. The Morgan fingerprint density at radius 1 is 1.21 bits per heavy atom. The van der Waals surface area contributed by atoms with Crippen LogP contribution in [0.3, 0.4) is 0 Å². The van der Waals surface area contributed by atoms with Gasteiger partial charge in [-0.2, -0.15) is 0 Å². The average Bonchev–Trinajstić information content (AvgIpc) is 3.14. The number of esters is 1. The van der Waals surface area contributed by atoms with Gasteiger partial charge in [-0.3, -0.25) is 4.79 Å². The Labute approximate surface area is 172 Å². The fourth-order valence-electron chi connectivity index (χ4n) is 5.36. The molecular formula is C23H31NO5. The monoisotopic (exact) mass is 401 g/mol. The van der Waals surface area contributed by atoms with Gasteiger partial charge in [0.05, 0.1) is 20.3 Å². The van der Waals surface area contributed by atoms with Crippen molar-refractivity contribution in [3.8, 4) is 5.75 Å². The maximum atomic E-state index is 12.2. The predicted molar refractivity (Wildman–Crippen MR) is 110 cm³/mol. The van der Waals surface area contributed by atoms with Gasteiger partial charge in [0.25, 0.3) is 0 Å². The average molecular weight is 402 g/mol. The van der Waals surface area contributed by atoms with Crippen molar-refractivity contribution < 1.29 is 23.7 Å². The zero-order valence-corrected chi connectivity index (χ0v) is 17.8. The van der Waals surface area contributed by atoms with Crippen molar-refractivity contribution in [2.75, 3.05) is 41.0 Å². The Bertz CT molecular complexity index is 813. The van der Waals surface area contributed by atoms with Gasteiger partial charge in [-0.15, -0.1) is 0 Å². The van der Waals surface area contributed by atoms with Crippen LogP contribution < -0.4 is 4.74 Å². The van der Waals surface area contributed by atoms with Crippen molar-refractivity contribution in [2.24, 2.45) is 0 Å². The molecule has 1 spiro atoms. The molecule has 1 aromatic carbocycles. The summed E-state index contributed by atoms with van der Waals surface area (Å²) in [5.74, 6) is -0.0890. The van der Waals surface area contributed by atoms with Crippen LogP contribution in [0, 0.1) is 0 Å². The van der Waals surface area contributed by atoms with Crippen LogP contribution in [0.4, 0.5) is 0 Å². The van der Waals surface area contributed by atoms with Gasteiger partial charge in [-0.05, 0) is 62.8 Å². The van der Waals surface area contributed by atoms with Crippen molar-refractivity contribution in [2.45, 2.75) is 49.4 Å². The van der Waals surface area contributed by atoms with E-state index in [1.807, 2.05) is 6.07 Å². The molecule has 6 nitrogen and oxygen atoms in total. The first-order valence-electron chi connectivity index (χ1n) is 10.3. The molecule has 1 aromatic rings. The molecule has 3 aliphatic rings. The largest absolute Gasteiger partial charge is 0.497 e. The number of fused-ring (bicyclic) bond motifs is 3. The Morgan fingerprint density at radius 2 is 1.97 bits per heavy atom. The molecule has 0 amide bonds. The molecule has 0 aromatic heterocycles. The summed E-state index contributed by atoms with van der Waals surface area (Å²) in [5.41, 5.74) is 1.07. The molecule has 2 unspecified atom stereocenters. The highest BCUT2D eigenvalue weighted by Gasteiger charge is 2.63. The molecule has 1 saturated heterocycles. The lowest BCUT2D eigenvalue weighted by Gasteiger charge is -2.57. The molecule has 1 aliphatic heterocycles. The van der Waals surface area contributed by atoms with E-state index in [9.17, 15) is 4.79 Å². The standard InChI is InChI=1S/C23H31NO5/c1-17(25)29-22-8-7-18-5-6-19(26-4)15-20(18)21(22,11-12-24(2)3)16-23(10-9-22)27-13-14-28-23/h5-8,15H,9-14,16H2,1-4H3. The smallest absolute Gasteiger partial charge is 0.303 e. The van der Waals surface area contributed by atoms with Crippen molar-refractivity contribution in [1.29, 1.82) is 0 Å². The van der Waals surface area contributed by atoms with Crippen molar-refractivity contribution in [3.63, 3.8) is 0 Å². The second kappa shape index (κ2) is 7.42. The van der Waals surface area contributed by atoms with Crippen LogP contribution in [0.2, 0.25) is 0 Å². The minimum Gasteiger partial charge on any atom is -0.497 e. The van der Waals surface area contributed by atoms with Crippen LogP contribution in [0.25, 0.3) is 6.08 Å². The lowest BCUT2D eigenvalue weighted by molar-refractivity contribution is -0.231. The lowest BCUT2D eigenvalue weighted by atomic mass is 9.53. The summed E-state index contributed by atoms with van der Waals surface area (Å²) in [6, 6.07) is 6.15. The van der Waals surface area contributed by atoms with Crippen LogP contribution >= 0.6 is 0 Å². The minimum atomic E-state index is -0.727. The SMILES string of the molecule is COc1ccc2c(c1)C1(CCN(C)C)CC3(CCC1(OC(C)=O)C=C2)OCCO3. The van der Waals surface area contributed by atoms with Crippen LogP contribution in [0.1, 0.15) is 43.7 Å². The van der Waals surface area contributed by atoms with Crippen molar-refractivity contribution >= 4 is 12.0 Å². The van der Waals surface area contributed by atoms with Gasteiger partial charge >= 0.3 is 5.97 Å².